The van der Waals surface area contributed by atoms with Gasteiger partial charge in [-0.3, -0.25) is 9.52 Å². The summed E-state index contributed by atoms with van der Waals surface area (Å²) in [6.07, 6.45) is 4.09. The Hall–Kier alpha value is -1.31. The molecule has 1 aliphatic heterocycles. The molecule has 1 aromatic rings. The first-order valence-electron chi connectivity index (χ1n) is 8.12. The van der Waals surface area contributed by atoms with Crippen molar-refractivity contribution in [3.63, 3.8) is 0 Å². The van der Waals surface area contributed by atoms with Gasteiger partial charge in [0.05, 0.1) is 5.75 Å². The van der Waals surface area contributed by atoms with Crippen LogP contribution in [0, 0.1) is 0 Å². The lowest BCUT2D eigenvalue weighted by atomic mass is 10.1. The molecule has 1 heterocycles. The molecule has 0 aromatic heterocycles. The van der Waals surface area contributed by atoms with Crippen molar-refractivity contribution in [1.29, 1.82) is 0 Å². The molecule has 3 N–H and O–H groups in total. The van der Waals surface area contributed by atoms with Crippen LogP contribution in [-0.4, -0.2) is 32.7 Å². The summed E-state index contributed by atoms with van der Waals surface area (Å²) in [5.74, 6) is 0.0943. The van der Waals surface area contributed by atoms with Crippen LogP contribution in [0.15, 0.2) is 24.3 Å². The molecule has 24 heavy (non-hydrogen) atoms. The number of carbonyl (C=O) groups is 1. The molecule has 0 bridgehead atoms. The molecule has 1 aromatic carbocycles. The molecule has 0 radical (unpaired) electrons. The van der Waals surface area contributed by atoms with Crippen molar-refractivity contribution in [2.75, 3.05) is 22.3 Å². The largest absolute Gasteiger partial charge is 0.326 e. The molecule has 6 nitrogen and oxygen atoms in total. The highest BCUT2D eigenvalue weighted by molar-refractivity contribution is 7.92. The average Bonchev–Trinajstić information content (AvgIpc) is 3.00. The van der Waals surface area contributed by atoms with Crippen molar-refractivity contribution in [3.05, 3.63) is 24.3 Å². The summed E-state index contributed by atoms with van der Waals surface area (Å²) in [6.45, 7) is 2.93. The Balaban J connectivity index is 0.00000288. The van der Waals surface area contributed by atoms with Crippen molar-refractivity contribution in [2.24, 2.45) is 0 Å². The first-order valence-corrected chi connectivity index (χ1v) is 9.77. The number of sulfonamides is 1. The quantitative estimate of drug-likeness (QED) is 0.652. The monoisotopic (exact) mass is 375 g/mol. The molecular weight excluding hydrogens is 350 g/mol. The van der Waals surface area contributed by atoms with Crippen LogP contribution in [0.4, 0.5) is 11.4 Å². The predicted molar refractivity (Wildman–Crippen MR) is 100 cm³/mol. The third-order valence-corrected chi connectivity index (χ3v) is 5.18. The SMILES string of the molecule is CCCCS(=O)(=O)Nc1ccc(NC(=O)CC2CCCN2)cc1.Cl. The number of hydrogen-bond acceptors (Lipinski definition) is 4. The Kier molecular flexibility index (Phi) is 8.52. The molecule has 0 spiro atoms. The number of nitrogens with one attached hydrogen (secondary N) is 3. The molecule has 1 fully saturated rings. The van der Waals surface area contributed by atoms with E-state index in [0.717, 1.165) is 25.8 Å². The second-order valence-corrected chi connectivity index (χ2v) is 7.74. The fraction of sp³-hybridized carbons (Fsp3) is 0.562. The van der Waals surface area contributed by atoms with Gasteiger partial charge in [-0.05, 0) is 50.1 Å². The van der Waals surface area contributed by atoms with Crippen molar-refractivity contribution < 1.29 is 13.2 Å². The van der Waals surface area contributed by atoms with E-state index in [1.807, 2.05) is 6.92 Å². The van der Waals surface area contributed by atoms with Gasteiger partial charge < -0.3 is 10.6 Å². The summed E-state index contributed by atoms with van der Waals surface area (Å²) in [5.41, 5.74) is 1.18. The summed E-state index contributed by atoms with van der Waals surface area (Å²) in [4.78, 5) is 11.9. The van der Waals surface area contributed by atoms with E-state index in [2.05, 4.69) is 15.4 Å². The van der Waals surface area contributed by atoms with Crippen LogP contribution in [0.5, 0.6) is 0 Å². The number of carbonyl (C=O) groups excluding carboxylic acids is 1. The number of benzene rings is 1. The topological polar surface area (TPSA) is 87.3 Å². The zero-order chi connectivity index (χ0) is 16.7. The van der Waals surface area contributed by atoms with E-state index < -0.39 is 10.0 Å². The van der Waals surface area contributed by atoms with E-state index in [-0.39, 0.29) is 30.1 Å². The van der Waals surface area contributed by atoms with Crippen LogP contribution in [0.1, 0.15) is 39.0 Å². The summed E-state index contributed by atoms with van der Waals surface area (Å²) in [7, 11) is -3.29. The Morgan fingerprint density at radius 2 is 1.92 bits per heavy atom. The zero-order valence-corrected chi connectivity index (χ0v) is 15.5. The fourth-order valence-corrected chi connectivity index (χ4v) is 3.82. The molecule has 2 rings (SSSR count). The Morgan fingerprint density at radius 3 is 2.50 bits per heavy atom. The standard InChI is InChI=1S/C16H25N3O3S.ClH/c1-2-3-11-23(21,22)19-14-8-6-13(7-9-14)18-16(20)12-15-5-4-10-17-15;/h6-9,15,17,19H,2-5,10-12H2,1H3,(H,18,20);1H. The van der Waals surface area contributed by atoms with E-state index in [1.165, 1.54) is 0 Å². The minimum atomic E-state index is -3.29. The summed E-state index contributed by atoms with van der Waals surface area (Å²) < 4.78 is 26.2. The van der Waals surface area contributed by atoms with Gasteiger partial charge in [-0.1, -0.05) is 13.3 Å². The third kappa shape index (κ3) is 7.07. The first-order chi connectivity index (χ1) is 11.0. The smallest absolute Gasteiger partial charge is 0.232 e. The molecule has 1 unspecified atom stereocenters. The zero-order valence-electron chi connectivity index (χ0n) is 13.9. The maximum atomic E-state index is 11.9. The highest BCUT2D eigenvalue weighted by atomic mass is 35.5. The average molecular weight is 376 g/mol. The van der Waals surface area contributed by atoms with Crippen LogP contribution in [0.25, 0.3) is 0 Å². The molecule has 1 atom stereocenters. The molecule has 0 saturated carbocycles. The van der Waals surface area contributed by atoms with Crippen LogP contribution in [-0.2, 0) is 14.8 Å². The van der Waals surface area contributed by atoms with E-state index in [4.69, 9.17) is 0 Å². The Bertz CT molecular complexity index is 614. The number of amides is 1. The molecule has 1 aliphatic rings. The van der Waals surface area contributed by atoms with Gasteiger partial charge in [0.15, 0.2) is 0 Å². The van der Waals surface area contributed by atoms with E-state index >= 15 is 0 Å². The van der Waals surface area contributed by atoms with Gasteiger partial charge in [0, 0.05) is 23.8 Å². The van der Waals surface area contributed by atoms with E-state index in [0.29, 0.717) is 24.2 Å². The number of halogens is 1. The van der Waals surface area contributed by atoms with Gasteiger partial charge in [0.1, 0.15) is 0 Å². The highest BCUT2D eigenvalue weighted by Gasteiger charge is 2.17. The van der Waals surface area contributed by atoms with Crippen molar-refractivity contribution in [1.82, 2.24) is 5.32 Å². The maximum Gasteiger partial charge on any atom is 0.232 e. The number of anilines is 2. The molecule has 8 heteroatoms. The number of rotatable bonds is 8. The highest BCUT2D eigenvalue weighted by Crippen LogP contribution is 2.16. The van der Waals surface area contributed by atoms with Gasteiger partial charge >= 0.3 is 0 Å². The second kappa shape index (κ2) is 9.86. The molecule has 1 amide bonds. The van der Waals surface area contributed by atoms with Gasteiger partial charge in [0.2, 0.25) is 15.9 Å². The minimum absolute atomic E-state index is 0. The lowest BCUT2D eigenvalue weighted by Gasteiger charge is -2.11. The summed E-state index contributed by atoms with van der Waals surface area (Å²) in [6, 6.07) is 6.99. The normalized spacial score (nSPS) is 17.1. The third-order valence-electron chi connectivity index (χ3n) is 3.80. The lowest BCUT2D eigenvalue weighted by Crippen LogP contribution is -2.27. The Labute approximate surface area is 150 Å². The van der Waals surface area contributed by atoms with Gasteiger partial charge in [-0.2, -0.15) is 0 Å². The van der Waals surface area contributed by atoms with Crippen LogP contribution in [0.2, 0.25) is 0 Å². The fourth-order valence-electron chi connectivity index (χ4n) is 2.55. The van der Waals surface area contributed by atoms with Crippen molar-refractivity contribution in [3.8, 4) is 0 Å². The predicted octanol–water partition coefficient (Wildman–Crippen LogP) is 2.73. The molecular formula is C16H26ClN3O3S. The first kappa shape index (κ1) is 20.7. The van der Waals surface area contributed by atoms with Gasteiger partial charge in [-0.25, -0.2) is 8.42 Å². The maximum absolute atomic E-state index is 11.9. The van der Waals surface area contributed by atoms with Crippen LogP contribution < -0.4 is 15.4 Å². The lowest BCUT2D eigenvalue weighted by molar-refractivity contribution is -0.116. The Morgan fingerprint density at radius 1 is 1.25 bits per heavy atom. The minimum Gasteiger partial charge on any atom is -0.326 e. The molecule has 0 aliphatic carbocycles. The van der Waals surface area contributed by atoms with E-state index in [1.54, 1.807) is 24.3 Å². The summed E-state index contributed by atoms with van der Waals surface area (Å²) >= 11 is 0. The number of unbranched alkanes of at least 4 members (excludes halogenated alkanes) is 1. The second-order valence-electron chi connectivity index (χ2n) is 5.90. The molecule has 1 saturated heterocycles. The van der Waals surface area contributed by atoms with Crippen molar-refractivity contribution in [2.45, 2.75) is 45.1 Å². The van der Waals surface area contributed by atoms with E-state index in [9.17, 15) is 13.2 Å². The van der Waals surface area contributed by atoms with Gasteiger partial charge in [-0.15, -0.1) is 12.4 Å². The van der Waals surface area contributed by atoms with Crippen LogP contribution >= 0.6 is 12.4 Å². The van der Waals surface area contributed by atoms with Gasteiger partial charge in [0.25, 0.3) is 0 Å². The van der Waals surface area contributed by atoms with Crippen molar-refractivity contribution >= 4 is 39.7 Å². The van der Waals surface area contributed by atoms with Crippen LogP contribution in [0.3, 0.4) is 0 Å². The molecule has 136 valence electrons. The number of hydrogen-bond donors (Lipinski definition) is 3. The summed E-state index contributed by atoms with van der Waals surface area (Å²) in [5, 5.41) is 6.12.